The number of hydrogen-bond acceptors (Lipinski definition) is 5. The molecule has 2 heterocycles. The molecule has 0 unspecified atom stereocenters. The molecule has 0 fully saturated rings. The number of anilines is 1. The third kappa shape index (κ3) is 3.13. The van der Waals surface area contributed by atoms with Crippen LogP contribution >= 0.6 is 11.3 Å². The van der Waals surface area contributed by atoms with Crippen LogP contribution in [0.25, 0.3) is 0 Å². The number of hydrogen-bond donors (Lipinski definition) is 2. The molecule has 27 heavy (non-hydrogen) atoms. The summed E-state index contributed by atoms with van der Waals surface area (Å²) in [6, 6.07) is 13.4. The van der Waals surface area contributed by atoms with Crippen LogP contribution in [0.3, 0.4) is 0 Å². The molecule has 7 heteroatoms. The van der Waals surface area contributed by atoms with Gasteiger partial charge in [-0.05, 0) is 36.8 Å². The average molecular weight is 399 g/mol. The minimum Gasteiger partial charge on any atom is -0.508 e. The SMILES string of the molecule is Cc1ccc(S(=O)(=O)c2csc3c2NC(=O)C[C@@H]3c2cccc(O)c2)cc1. The number of thiophene rings is 1. The van der Waals surface area contributed by atoms with Gasteiger partial charge in [-0.2, -0.15) is 0 Å². The van der Waals surface area contributed by atoms with E-state index in [0.29, 0.717) is 5.69 Å². The first-order chi connectivity index (χ1) is 12.9. The molecule has 5 nitrogen and oxygen atoms in total. The number of phenols is 1. The predicted octanol–water partition coefficient (Wildman–Crippen LogP) is 4.07. The lowest BCUT2D eigenvalue weighted by Crippen LogP contribution is -2.23. The molecule has 1 aliphatic rings. The number of aromatic hydroxyl groups is 1. The summed E-state index contributed by atoms with van der Waals surface area (Å²) in [5, 5.41) is 14.1. The molecular formula is C20H17NO4S2. The molecule has 4 rings (SSSR count). The van der Waals surface area contributed by atoms with Crippen LogP contribution in [0.1, 0.15) is 28.3 Å². The third-order valence-electron chi connectivity index (χ3n) is 4.65. The van der Waals surface area contributed by atoms with Gasteiger partial charge in [0, 0.05) is 22.6 Å². The lowest BCUT2D eigenvalue weighted by atomic mass is 9.90. The Morgan fingerprint density at radius 2 is 1.89 bits per heavy atom. The smallest absolute Gasteiger partial charge is 0.225 e. The van der Waals surface area contributed by atoms with E-state index in [1.165, 1.54) is 11.3 Å². The van der Waals surface area contributed by atoms with E-state index in [1.807, 2.05) is 13.0 Å². The molecule has 0 bridgehead atoms. The zero-order chi connectivity index (χ0) is 19.2. The first kappa shape index (κ1) is 17.8. The first-order valence-corrected chi connectivity index (χ1v) is 10.7. The van der Waals surface area contributed by atoms with Gasteiger partial charge in [-0.1, -0.05) is 29.8 Å². The third-order valence-corrected chi connectivity index (χ3v) is 7.69. The lowest BCUT2D eigenvalue weighted by Gasteiger charge is -2.23. The number of fused-ring (bicyclic) bond motifs is 1. The number of sulfone groups is 1. The van der Waals surface area contributed by atoms with Gasteiger partial charge in [-0.25, -0.2) is 8.42 Å². The highest BCUT2D eigenvalue weighted by Gasteiger charge is 2.34. The van der Waals surface area contributed by atoms with E-state index in [1.54, 1.807) is 47.8 Å². The summed E-state index contributed by atoms with van der Waals surface area (Å²) in [6.07, 6.45) is 0.209. The maximum absolute atomic E-state index is 13.1. The maximum atomic E-state index is 13.1. The van der Waals surface area contributed by atoms with E-state index in [4.69, 9.17) is 0 Å². The number of carbonyl (C=O) groups excluding carboxylic acids is 1. The molecule has 0 aliphatic carbocycles. The number of carbonyl (C=O) groups is 1. The fraction of sp³-hybridized carbons (Fsp3) is 0.150. The van der Waals surface area contributed by atoms with Crippen molar-refractivity contribution < 1.29 is 18.3 Å². The lowest BCUT2D eigenvalue weighted by molar-refractivity contribution is -0.116. The fourth-order valence-electron chi connectivity index (χ4n) is 3.26. The number of nitrogens with one attached hydrogen (secondary N) is 1. The molecular weight excluding hydrogens is 382 g/mol. The van der Waals surface area contributed by atoms with E-state index in [2.05, 4.69) is 5.32 Å². The second-order valence-corrected chi connectivity index (χ2v) is 9.38. The second kappa shape index (κ2) is 6.51. The summed E-state index contributed by atoms with van der Waals surface area (Å²) < 4.78 is 26.2. The van der Waals surface area contributed by atoms with Gasteiger partial charge in [0.05, 0.1) is 10.6 Å². The Hall–Kier alpha value is -2.64. The topological polar surface area (TPSA) is 83.5 Å². The monoisotopic (exact) mass is 399 g/mol. The standard InChI is InChI=1S/C20H17NO4S2/c1-12-5-7-15(8-6-12)27(24,25)17-11-26-20-16(10-18(23)21-19(17)20)13-3-2-4-14(22)9-13/h2-9,11,16,22H,10H2,1H3,(H,21,23)/t16-/m1/s1. The zero-order valence-corrected chi connectivity index (χ0v) is 16.1. The Kier molecular flexibility index (Phi) is 4.28. The van der Waals surface area contributed by atoms with Gasteiger partial charge in [0.15, 0.2) is 0 Å². The van der Waals surface area contributed by atoms with Gasteiger partial charge in [0.25, 0.3) is 0 Å². The van der Waals surface area contributed by atoms with Crippen molar-refractivity contribution in [2.24, 2.45) is 0 Å². The van der Waals surface area contributed by atoms with Crippen molar-refractivity contribution in [3.63, 3.8) is 0 Å². The average Bonchev–Trinajstić information content (AvgIpc) is 3.06. The quantitative estimate of drug-likeness (QED) is 0.695. The zero-order valence-electron chi connectivity index (χ0n) is 14.5. The minimum absolute atomic E-state index is 0.115. The summed E-state index contributed by atoms with van der Waals surface area (Å²) in [5.41, 5.74) is 2.11. The van der Waals surface area contributed by atoms with Crippen molar-refractivity contribution in [2.45, 2.75) is 29.1 Å². The normalized spacial score (nSPS) is 16.6. The highest BCUT2D eigenvalue weighted by molar-refractivity contribution is 7.91. The molecule has 1 atom stereocenters. The van der Waals surface area contributed by atoms with Crippen LogP contribution in [-0.2, 0) is 14.6 Å². The summed E-state index contributed by atoms with van der Waals surface area (Å²) in [7, 11) is -3.74. The van der Waals surface area contributed by atoms with Gasteiger partial charge >= 0.3 is 0 Å². The molecule has 1 aromatic heterocycles. The van der Waals surface area contributed by atoms with Crippen LogP contribution in [0.4, 0.5) is 5.69 Å². The predicted molar refractivity (Wildman–Crippen MR) is 104 cm³/mol. The van der Waals surface area contributed by atoms with Gasteiger partial charge in [-0.3, -0.25) is 4.79 Å². The second-order valence-electron chi connectivity index (χ2n) is 6.56. The number of aryl methyl sites for hydroxylation is 1. The molecule has 138 valence electrons. The number of rotatable bonds is 3. The first-order valence-electron chi connectivity index (χ1n) is 8.38. The van der Waals surface area contributed by atoms with Crippen LogP contribution < -0.4 is 5.32 Å². The van der Waals surface area contributed by atoms with E-state index in [0.717, 1.165) is 16.0 Å². The van der Waals surface area contributed by atoms with E-state index < -0.39 is 9.84 Å². The molecule has 2 N–H and O–H groups in total. The Morgan fingerprint density at radius 3 is 2.59 bits per heavy atom. The van der Waals surface area contributed by atoms with Crippen LogP contribution in [0.5, 0.6) is 5.75 Å². The highest BCUT2D eigenvalue weighted by atomic mass is 32.2. The molecule has 0 spiro atoms. The molecule has 0 saturated heterocycles. The van der Waals surface area contributed by atoms with Crippen LogP contribution in [-0.4, -0.2) is 19.4 Å². The Bertz CT molecular complexity index is 1130. The largest absolute Gasteiger partial charge is 0.508 e. The van der Waals surface area contributed by atoms with Crippen molar-refractivity contribution >= 4 is 32.8 Å². The van der Waals surface area contributed by atoms with Crippen LogP contribution in [0.2, 0.25) is 0 Å². The molecule has 2 aromatic carbocycles. The van der Waals surface area contributed by atoms with Gasteiger partial charge in [-0.15, -0.1) is 11.3 Å². The van der Waals surface area contributed by atoms with Gasteiger partial charge < -0.3 is 10.4 Å². The highest BCUT2D eigenvalue weighted by Crippen LogP contribution is 2.46. The molecule has 3 aromatic rings. The Morgan fingerprint density at radius 1 is 1.15 bits per heavy atom. The summed E-state index contributed by atoms with van der Waals surface area (Å²) in [6.45, 7) is 1.89. The van der Waals surface area contributed by atoms with E-state index in [-0.39, 0.29) is 33.8 Å². The molecule has 0 radical (unpaired) electrons. The molecule has 1 aliphatic heterocycles. The number of amides is 1. The van der Waals surface area contributed by atoms with Crippen molar-refractivity contribution in [1.29, 1.82) is 0 Å². The van der Waals surface area contributed by atoms with Gasteiger partial charge in [0.1, 0.15) is 10.6 Å². The summed E-state index contributed by atoms with van der Waals surface area (Å²) >= 11 is 1.31. The maximum Gasteiger partial charge on any atom is 0.225 e. The fourth-order valence-corrected chi connectivity index (χ4v) is 6.17. The number of phenolic OH excluding ortho intramolecular Hbond substituents is 1. The van der Waals surface area contributed by atoms with E-state index >= 15 is 0 Å². The Balaban J connectivity index is 1.83. The van der Waals surface area contributed by atoms with Crippen LogP contribution in [0.15, 0.2) is 63.7 Å². The van der Waals surface area contributed by atoms with Crippen molar-refractivity contribution in [1.82, 2.24) is 0 Å². The Labute approximate surface area is 161 Å². The van der Waals surface area contributed by atoms with Gasteiger partial charge in [0.2, 0.25) is 15.7 Å². The molecule has 1 amide bonds. The van der Waals surface area contributed by atoms with Crippen molar-refractivity contribution in [2.75, 3.05) is 5.32 Å². The number of benzene rings is 2. The molecule has 0 saturated carbocycles. The van der Waals surface area contributed by atoms with E-state index in [9.17, 15) is 18.3 Å². The minimum atomic E-state index is -3.74. The van der Waals surface area contributed by atoms with Crippen molar-refractivity contribution in [3.05, 3.63) is 69.9 Å². The summed E-state index contributed by atoms with van der Waals surface area (Å²) in [5.74, 6) is -0.411. The van der Waals surface area contributed by atoms with Crippen LogP contribution in [0, 0.1) is 6.92 Å². The van der Waals surface area contributed by atoms with Crippen molar-refractivity contribution in [3.8, 4) is 5.75 Å². The summed E-state index contributed by atoms with van der Waals surface area (Å²) in [4.78, 5) is 13.4.